The molecule has 0 atom stereocenters. The first-order chi connectivity index (χ1) is 9.47. The molecule has 0 amide bonds. The molecule has 1 heterocycles. The highest BCUT2D eigenvalue weighted by Crippen LogP contribution is 2.29. The van der Waals surface area contributed by atoms with Gasteiger partial charge in [0.1, 0.15) is 0 Å². The van der Waals surface area contributed by atoms with Crippen molar-refractivity contribution >= 4 is 11.4 Å². The van der Waals surface area contributed by atoms with E-state index in [-0.39, 0.29) is 5.69 Å². The molecule has 8 heteroatoms. The van der Waals surface area contributed by atoms with Crippen LogP contribution >= 0.6 is 0 Å². The lowest BCUT2D eigenvalue weighted by molar-refractivity contribution is -0.0521. The van der Waals surface area contributed by atoms with Crippen molar-refractivity contribution in [3.05, 3.63) is 35.4 Å². The molecule has 1 aromatic heterocycles. The van der Waals surface area contributed by atoms with Gasteiger partial charge >= 0.3 is 6.61 Å². The lowest BCUT2D eigenvalue weighted by Crippen LogP contribution is -2.07. The van der Waals surface area contributed by atoms with Crippen LogP contribution in [-0.2, 0) is 6.54 Å². The smallest absolute Gasteiger partial charge is 0.387 e. The largest absolute Gasteiger partial charge is 0.432 e. The molecular formula is C12H13F3N4O. The van der Waals surface area contributed by atoms with Gasteiger partial charge in [-0.1, -0.05) is 0 Å². The van der Waals surface area contributed by atoms with Crippen molar-refractivity contribution in [2.45, 2.75) is 20.1 Å². The van der Waals surface area contributed by atoms with E-state index in [9.17, 15) is 13.2 Å². The maximum absolute atomic E-state index is 13.4. The summed E-state index contributed by atoms with van der Waals surface area (Å²) in [6.45, 7) is -0.896. The fourth-order valence-corrected chi connectivity index (χ4v) is 1.65. The topological polar surface area (TPSA) is 76.0 Å². The zero-order valence-electron chi connectivity index (χ0n) is 10.6. The summed E-state index contributed by atoms with van der Waals surface area (Å²) < 4.78 is 41.8. The van der Waals surface area contributed by atoms with Crippen LogP contribution in [0.4, 0.5) is 24.5 Å². The molecule has 0 unspecified atom stereocenters. The predicted molar refractivity (Wildman–Crippen MR) is 68.1 cm³/mol. The van der Waals surface area contributed by atoms with Gasteiger partial charge in [-0.05, 0) is 6.92 Å². The number of anilines is 2. The monoisotopic (exact) mass is 286 g/mol. The Kier molecular flexibility index (Phi) is 4.02. The van der Waals surface area contributed by atoms with Crippen LogP contribution in [0.3, 0.4) is 0 Å². The molecule has 108 valence electrons. The predicted octanol–water partition coefficient (Wildman–Crippen LogP) is 2.65. The molecule has 0 saturated carbocycles. The molecule has 1 aromatic carbocycles. The maximum atomic E-state index is 13.4. The number of nitrogens with two attached hydrogens (primary N) is 1. The molecule has 0 saturated heterocycles. The van der Waals surface area contributed by atoms with Crippen LogP contribution in [0.15, 0.2) is 18.3 Å². The van der Waals surface area contributed by atoms with Gasteiger partial charge in [0.25, 0.3) is 0 Å². The second-order valence-corrected chi connectivity index (χ2v) is 4.12. The number of nitrogens with one attached hydrogen (secondary N) is 2. The van der Waals surface area contributed by atoms with Crippen molar-refractivity contribution in [3.8, 4) is 5.75 Å². The molecule has 5 nitrogen and oxygen atoms in total. The van der Waals surface area contributed by atoms with E-state index in [0.29, 0.717) is 12.2 Å². The quantitative estimate of drug-likeness (QED) is 0.739. The number of alkyl halides is 2. The number of rotatable bonds is 5. The fraction of sp³-hybridized carbons (Fsp3) is 0.250. The number of hydrogen-bond donors (Lipinski definition) is 3. The van der Waals surface area contributed by atoms with Crippen molar-refractivity contribution in [1.82, 2.24) is 10.2 Å². The van der Waals surface area contributed by atoms with E-state index in [1.54, 1.807) is 6.20 Å². The van der Waals surface area contributed by atoms with Crippen molar-refractivity contribution < 1.29 is 17.9 Å². The van der Waals surface area contributed by atoms with E-state index in [0.717, 1.165) is 23.4 Å². The first-order valence-electron chi connectivity index (χ1n) is 5.74. The Labute approximate surface area is 112 Å². The molecule has 0 spiro atoms. The molecule has 0 aliphatic heterocycles. The van der Waals surface area contributed by atoms with E-state index in [2.05, 4.69) is 20.3 Å². The summed E-state index contributed by atoms with van der Waals surface area (Å²) in [6, 6.07) is 2.04. The minimum absolute atomic E-state index is 0.102. The number of aromatic amines is 1. The molecule has 0 aliphatic carbocycles. The summed E-state index contributed by atoms with van der Waals surface area (Å²) in [5, 5.41) is 9.53. The summed E-state index contributed by atoms with van der Waals surface area (Å²) in [5.74, 6) is -1.49. The van der Waals surface area contributed by atoms with Gasteiger partial charge in [-0.2, -0.15) is 13.9 Å². The van der Waals surface area contributed by atoms with E-state index < -0.39 is 18.2 Å². The van der Waals surface area contributed by atoms with Gasteiger partial charge in [-0.3, -0.25) is 5.10 Å². The number of nitrogen functional groups attached to an aromatic ring is 1. The highest BCUT2D eigenvalue weighted by atomic mass is 19.3. The SMILES string of the molecule is Cc1[nH]ncc1CNc1cc(OC(F)F)c(F)cc1N. The maximum Gasteiger partial charge on any atom is 0.387 e. The minimum Gasteiger partial charge on any atom is -0.432 e. The van der Waals surface area contributed by atoms with Gasteiger partial charge in [0, 0.05) is 29.9 Å². The van der Waals surface area contributed by atoms with Gasteiger partial charge in [0.05, 0.1) is 17.6 Å². The molecule has 2 aromatic rings. The Bertz CT molecular complexity index is 600. The molecule has 2 rings (SSSR count). The lowest BCUT2D eigenvalue weighted by atomic mass is 10.2. The van der Waals surface area contributed by atoms with Crippen LogP contribution in [-0.4, -0.2) is 16.8 Å². The average molecular weight is 286 g/mol. The van der Waals surface area contributed by atoms with Crippen molar-refractivity contribution in [2.24, 2.45) is 0 Å². The van der Waals surface area contributed by atoms with Crippen LogP contribution in [0, 0.1) is 12.7 Å². The van der Waals surface area contributed by atoms with Crippen LogP contribution in [0.25, 0.3) is 0 Å². The zero-order valence-corrected chi connectivity index (χ0v) is 10.6. The van der Waals surface area contributed by atoms with Crippen LogP contribution < -0.4 is 15.8 Å². The van der Waals surface area contributed by atoms with Crippen molar-refractivity contribution in [2.75, 3.05) is 11.1 Å². The number of benzene rings is 1. The Morgan fingerprint density at radius 2 is 2.20 bits per heavy atom. The number of nitrogens with zero attached hydrogens (tertiary/aromatic N) is 1. The second kappa shape index (κ2) is 5.72. The van der Waals surface area contributed by atoms with Gasteiger partial charge in [0.15, 0.2) is 11.6 Å². The average Bonchev–Trinajstić information content (AvgIpc) is 2.76. The Morgan fingerprint density at radius 1 is 1.45 bits per heavy atom. The summed E-state index contributed by atoms with van der Waals surface area (Å²) >= 11 is 0. The normalized spacial score (nSPS) is 10.8. The highest BCUT2D eigenvalue weighted by Gasteiger charge is 2.13. The van der Waals surface area contributed by atoms with E-state index in [1.807, 2.05) is 6.92 Å². The third-order valence-corrected chi connectivity index (χ3v) is 2.72. The number of aromatic nitrogens is 2. The van der Waals surface area contributed by atoms with Gasteiger partial charge < -0.3 is 15.8 Å². The standard InChI is InChI=1S/C12H13F3N4O/c1-6-7(5-18-19-6)4-17-10-3-11(20-12(14)15)8(13)2-9(10)16/h2-3,5,12,17H,4,16H2,1H3,(H,18,19). The molecule has 0 aliphatic rings. The Balaban J connectivity index is 2.16. The van der Waals surface area contributed by atoms with Crippen LogP contribution in [0.2, 0.25) is 0 Å². The number of aryl methyl sites for hydroxylation is 1. The minimum atomic E-state index is -3.10. The van der Waals surface area contributed by atoms with E-state index in [1.165, 1.54) is 0 Å². The number of halogens is 3. The summed E-state index contributed by atoms with van der Waals surface area (Å²) in [5.41, 5.74) is 7.78. The molecular weight excluding hydrogens is 273 g/mol. The molecule has 4 N–H and O–H groups in total. The number of H-pyrrole nitrogens is 1. The molecule has 0 fully saturated rings. The van der Waals surface area contributed by atoms with Gasteiger partial charge in [-0.25, -0.2) is 4.39 Å². The van der Waals surface area contributed by atoms with E-state index >= 15 is 0 Å². The van der Waals surface area contributed by atoms with Crippen LogP contribution in [0.1, 0.15) is 11.3 Å². The summed E-state index contributed by atoms with van der Waals surface area (Å²) in [7, 11) is 0. The number of ether oxygens (including phenoxy) is 1. The Hall–Kier alpha value is -2.38. The first kappa shape index (κ1) is 14.0. The molecule has 20 heavy (non-hydrogen) atoms. The Morgan fingerprint density at radius 3 is 2.80 bits per heavy atom. The lowest BCUT2D eigenvalue weighted by Gasteiger charge is -2.12. The third-order valence-electron chi connectivity index (χ3n) is 2.72. The first-order valence-corrected chi connectivity index (χ1v) is 5.74. The summed E-state index contributed by atoms with van der Waals surface area (Å²) in [6.07, 6.45) is 1.62. The summed E-state index contributed by atoms with van der Waals surface area (Å²) in [4.78, 5) is 0. The van der Waals surface area contributed by atoms with Gasteiger partial charge in [-0.15, -0.1) is 0 Å². The zero-order chi connectivity index (χ0) is 14.7. The number of hydrogen-bond acceptors (Lipinski definition) is 4. The van der Waals surface area contributed by atoms with Crippen molar-refractivity contribution in [1.29, 1.82) is 0 Å². The molecule has 0 radical (unpaired) electrons. The van der Waals surface area contributed by atoms with E-state index in [4.69, 9.17) is 5.73 Å². The molecule has 0 bridgehead atoms. The van der Waals surface area contributed by atoms with Gasteiger partial charge in [0.2, 0.25) is 0 Å². The third kappa shape index (κ3) is 3.14. The van der Waals surface area contributed by atoms with Crippen LogP contribution in [0.5, 0.6) is 5.75 Å². The second-order valence-electron chi connectivity index (χ2n) is 4.12. The van der Waals surface area contributed by atoms with Crippen molar-refractivity contribution in [3.63, 3.8) is 0 Å². The highest BCUT2D eigenvalue weighted by molar-refractivity contribution is 5.68. The fourth-order valence-electron chi connectivity index (χ4n) is 1.65.